The fraction of sp³-hybridized carbons (Fsp3) is 0.0909. The van der Waals surface area contributed by atoms with Crippen molar-refractivity contribution in [3.05, 3.63) is 30.0 Å². The van der Waals surface area contributed by atoms with E-state index < -0.39 is 5.97 Å². The summed E-state index contributed by atoms with van der Waals surface area (Å²) in [7, 11) is 1.57. The number of ether oxygens (including phenoxy) is 1. The van der Waals surface area contributed by atoms with Gasteiger partial charge in [-0.25, -0.2) is 4.79 Å². The summed E-state index contributed by atoms with van der Waals surface area (Å²) in [4.78, 5) is 10.4. The number of benzene rings is 1. The molecule has 16 heavy (non-hydrogen) atoms. The lowest BCUT2D eigenvalue weighted by molar-refractivity contribution is -0.131. The average Bonchev–Trinajstić information content (AvgIpc) is 2.69. The number of aromatic nitrogens is 2. The van der Waals surface area contributed by atoms with Crippen LogP contribution in [0, 0.1) is 0 Å². The van der Waals surface area contributed by atoms with E-state index in [1.165, 1.54) is 6.08 Å². The molecule has 0 bridgehead atoms. The fourth-order valence-electron chi connectivity index (χ4n) is 1.48. The Morgan fingerprint density at radius 3 is 3.06 bits per heavy atom. The zero-order valence-corrected chi connectivity index (χ0v) is 8.60. The Balaban J connectivity index is 2.53. The first kappa shape index (κ1) is 10.2. The number of para-hydroxylation sites is 1. The van der Waals surface area contributed by atoms with Crippen molar-refractivity contribution in [3.63, 3.8) is 0 Å². The van der Waals surface area contributed by atoms with E-state index in [-0.39, 0.29) is 0 Å². The fourth-order valence-corrected chi connectivity index (χ4v) is 1.48. The number of nitrogens with one attached hydrogen (secondary N) is 1. The number of carboxylic acids is 1. The molecule has 0 amide bonds. The quantitative estimate of drug-likeness (QED) is 0.768. The zero-order chi connectivity index (χ0) is 11.5. The highest BCUT2D eigenvalue weighted by Gasteiger charge is 2.07. The number of H-pyrrole nitrogens is 1. The lowest BCUT2D eigenvalue weighted by Gasteiger charge is -1.98. The van der Waals surface area contributed by atoms with E-state index in [4.69, 9.17) is 9.84 Å². The third-order valence-electron chi connectivity index (χ3n) is 2.19. The molecular weight excluding hydrogens is 208 g/mol. The number of aliphatic carboxylic acids is 1. The molecule has 0 unspecified atom stereocenters. The highest BCUT2D eigenvalue weighted by atomic mass is 16.5. The molecular formula is C11H10N2O3. The van der Waals surface area contributed by atoms with Crippen molar-refractivity contribution in [1.82, 2.24) is 10.2 Å². The Morgan fingerprint density at radius 2 is 2.38 bits per heavy atom. The molecule has 0 saturated carbocycles. The van der Waals surface area contributed by atoms with Crippen LogP contribution in [0.15, 0.2) is 24.3 Å². The highest BCUT2D eigenvalue weighted by molar-refractivity contribution is 5.94. The standard InChI is InChI=1S/C11H10N2O3/c1-16-9-4-2-3-7-8(5-6-10(14)15)12-13-11(7)9/h2-6H,1H3,(H,12,13)(H,14,15)/b6-5+. The second-order valence-electron chi connectivity index (χ2n) is 3.17. The van der Waals surface area contributed by atoms with Crippen LogP contribution in [0.4, 0.5) is 0 Å². The molecule has 0 saturated heterocycles. The van der Waals surface area contributed by atoms with Crippen LogP contribution in [0.25, 0.3) is 17.0 Å². The van der Waals surface area contributed by atoms with E-state index in [2.05, 4.69) is 10.2 Å². The predicted molar refractivity (Wildman–Crippen MR) is 59.3 cm³/mol. The van der Waals surface area contributed by atoms with Crippen LogP contribution < -0.4 is 4.74 Å². The van der Waals surface area contributed by atoms with Gasteiger partial charge < -0.3 is 9.84 Å². The summed E-state index contributed by atoms with van der Waals surface area (Å²) < 4.78 is 5.14. The minimum Gasteiger partial charge on any atom is -0.494 e. The molecule has 2 N–H and O–H groups in total. The minimum atomic E-state index is -0.995. The molecule has 0 aliphatic heterocycles. The van der Waals surface area contributed by atoms with Crippen LogP contribution in [-0.2, 0) is 4.79 Å². The summed E-state index contributed by atoms with van der Waals surface area (Å²) in [6, 6.07) is 5.48. The van der Waals surface area contributed by atoms with Gasteiger partial charge in [0.2, 0.25) is 0 Å². The summed E-state index contributed by atoms with van der Waals surface area (Å²) in [5, 5.41) is 16.2. The highest BCUT2D eigenvalue weighted by Crippen LogP contribution is 2.25. The van der Waals surface area contributed by atoms with Gasteiger partial charge in [0, 0.05) is 11.5 Å². The number of rotatable bonds is 3. The third-order valence-corrected chi connectivity index (χ3v) is 2.19. The molecule has 0 fully saturated rings. The van der Waals surface area contributed by atoms with E-state index in [9.17, 15) is 4.79 Å². The molecule has 0 aliphatic rings. The topological polar surface area (TPSA) is 75.2 Å². The average molecular weight is 218 g/mol. The van der Waals surface area contributed by atoms with Gasteiger partial charge in [-0.05, 0) is 12.1 Å². The smallest absolute Gasteiger partial charge is 0.328 e. The molecule has 0 spiro atoms. The number of nitrogens with zero attached hydrogens (tertiary/aromatic N) is 1. The van der Waals surface area contributed by atoms with Crippen LogP contribution in [0.2, 0.25) is 0 Å². The molecule has 82 valence electrons. The molecule has 5 nitrogen and oxygen atoms in total. The van der Waals surface area contributed by atoms with Gasteiger partial charge in [-0.1, -0.05) is 12.1 Å². The van der Waals surface area contributed by atoms with Crippen LogP contribution in [0.5, 0.6) is 5.75 Å². The van der Waals surface area contributed by atoms with Crippen LogP contribution in [-0.4, -0.2) is 28.4 Å². The van der Waals surface area contributed by atoms with Gasteiger partial charge in [0.25, 0.3) is 0 Å². The molecule has 2 rings (SSSR count). The van der Waals surface area contributed by atoms with Crippen LogP contribution in [0.3, 0.4) is 0 Å². The van der Waals surface area contributed by atoms with Crippen molar-refractivity contribution >= 4 is 22.9 Å². The first-order chi connectivity index (χ1) is 7.72. The van der Waals surface area contributed by atoms with Gasteiger partial charge in [0.15, 0.2) is 0 Å². The zero-order valence-electron chi connectivity index (χ0n) is 8.60. The predicted octanol–water partition coefficient (Wildman–Crippen LogP) is 1.67. The summed E-state index contributed by atoms with van der Waals surface area (Å²) in [6.07, 6.45) is 2.53. The van der Waals surface area contributed by atoms with Gasteiger partial charge in [-0.15, -0.1) is 0 Å². The molecule has 1 aromatic carbocycles. The number of hydrogen-bond acceptors (Lipinski definition) is 3. The summed E-state index contributed by atoms with van der Waals surface area (Å²) in [5.74, 6) is -0.339. The van der Waals surface area contributed by atoms with Gasteiger partial charge in [0.1, 0.15) is 11.3 Å². The van der Waals surface area contributed by atoms with Crippen LogP contribution in [0.1, 0.15) is 5.69 Å². The minimum absolute atomic E-state index is 0.649. The van der Waals surface area contributed by atoms with Crippen molar-refractivity contribution in [2.24, 2.45) is 0 Å². The number of methoxy groups -OCH3 is 1. The Labute approximate surface area is 91.3 Å². The number of aromatic amines is 1. The lowest BCUT2D eigenvalue weighted by Crippen LogP contribution is -1.86. The normalized spacial score (nSPS) is 11.1. The molecule has 1 aromatic heterocycles. The van der Waals surface area contributed by atoms with Gasteiger partial charge in [0.05, 0.1) is 12.8 Å². The van der Waals surface area contributed by atoms with Gasteiger partial charge in [-0.2, -0.15) is 5.10 Å². The molecule has 0 aliphatic carbocycles. The van der Waals surface area contributed by atoms with Gasteiger partial charge >= 0.3 is 5.97 Å². The Hall–Kier alpha value is -2.30. The number of carbonyl (C=O) groups is 1. The molecule has 2 aromatic rings. The molecule has 1 heterocycles. The number of carboxylic acid groups (broad SMARTS) is 1. The van der Waals surface area contributed by atoms with E-state index in [1.54, 1.807) is 13.2 Å². The number of fused-ring (bicyclic) bond motifs is 1. The lowest BCUT2D eigenvalue weighted by atomic mass is 10.2. The summed E-state index contributed by atoms with van der Waals surface area (Å²) in [6.45, 7) is 0. The van der Waals surface area contributed by atoms with E-state index >= 15 is 0 Å². The Bertz CT molecular complexity index is 557. The first-order valence-electron chi connectivity index (χ1n) is 4.64. The van der Waals surface area contributed by atoms with E-state index in [0.29, 0.717) is 17.0 Å². The van der Waals surface area contributed by atoms with Crippen LogP contribution >= 0.6 is 0 Å². The summed E-state index contributed by atoms with van der Waals surface area (Å²) in [5.41, 5.74) is 1.34. The van der Waals surface area contributed by atoms with Crippen molar-refractivity contribution in [3.8, 4) is 5.75 Å². The molecule has 0 radical (unpaired) electrons. The third kappa shape index (κ3) is 1.75. The second kappa shape index (κ2) is 4.06. The first-order valence-corrected chi connectivity index (χ1v) is 4.64. The van der Waals surface area contributed by atoms with Crippen molar-refractivity contribution in [2.45, 2.75) is 0 Å². The van der Waals surface area contributed by atoms with Crippen molar-refractivity contribution in [2.75, 3.05) is 7.11 Å². The second-order valence-corrected chi connectivity index (χ2v) is 3.17. The number of hydrogen-bond donors (Lipinski definition) is 2. The van der Waals surface area contributed by atoms with Crippen molar-refractivity contribution in [1.29, 1.82) is 0 Å². The SMILES string of the molecule is COc1cccc2c(/C=C/C(=O)O)[nH]nc12. The maximum Gasteiger partial charge on any atom is 0.328 e. The monoisotopic (exact) mass is 218 g/mol. The largest absolute Gasteiger partial charge is 0.494 e. The maximum atomic E-state index is 10.4. The summed E-state index contributed by atoms with van der Waals surface area (Å²) >= 11 is 0. The van der Waals surface area contributed by atoms with E-state index in [0.717, 1.165) is 11.5 Å². The Kier molecular flexibility index (Phi) is 2.59. The Morgan fingerprint density at radius 1 is 1.56 bits per heavy atom. The van der Waals surface area contributed by atoms with Gasteiger partial charge in [-0.3, -0.25) is 5.10 Å². The van der Waals surface area contributed by atoms with E-state index in [1.807, 2.05) is 12.1 Å². The van der Waals surface area contributed by atoms with Crippen molar-refractivity contribution < 1.29 is 14.6 Å². The molecule has 0 atom stereocenters. The molecule has 5 heteroatoms. The maximum absolute atomic E-state index is 10.4.